The Hall–Kier alpha value is -1.88. The molecule has 0 bridgehead atoms. The second-order valence-electron chi connectivity index (χ2n) is 5.43. The fourth-order valence-electron chi connectivity index (χ4n) is 2.32. The predicted octanol–water partition coefficient (Wildman–Crippen LogP) is 3.71. The fourth-order valence-corrected chi connectivity index (χ4v) is 3.37. The Balaban J connectivity index is 1.89. The lowest BCUT2D eigenvalue weighted by Crippen LogP contribution is -2.01. The molecule has 0 unspecified atom stereocenters. The van der Waals surface area contributed by atoms with E-state index < -0.39 is 5.97 Å². The second-order valence-corrected chi connectivity index (χ2v) is 6.60. The molecule has 4 nitrogen and oxygen atoms in total. The number of benzene rings is 1. The molecule has 0 saturated heterocycles. The smallest absolute Gasteiger partial charge is 0.303 e. The minimum absolute atomic E-state index is 0.154. The second kappa shape index (κ2) is 7.40. The first-order valence-electron chi connectivity index (χ1n) is 7.32. The molecule has 5 heteroatoms. The van der Waals surface area contributed by atoms with E-state index in [4.69, 9.17) is 9.84 Å². The molecule has 0 atom stereocenters. The SMILES string of the molecule is Cc1cc(C)cc(OCCc2nc(C)c(CCC(=O)O)s2)c1. The Morgan fingerprint density at radius 3 is 2.50 bits per heavy atom. The van der Waals surface area contributed by atoms with Gasteiger partial charge in [-0.05, 0) is 50.5 Å². The van der Waals surface area contributed by atoms with Crippen LogP contribution in [0.4, 0.5) is 0 Å². The molecule has 0 saturated carbocycles. The van der Waals surface area contributed by atoms with Gasteiger partial charge in [0.05, 0.1) is 23.7 Å². The van der Waals surface area contributed by atoms with Crippen molar-refractivity contribution in [1.82, 2.24) is 4.98 Å². The highest BCUT2D eigenvalue weighted by molar-refractivity contribution is 7.11. The lowest BCUT2D eigenvalue weighted by molar-refractivity contribution is -0.136. The van der Waals surface area contributed by atoms with Crippen LogP contribution in [0.2, 0.25) is 0 Å². The van der Waals surface area contributed by atoms with Crippen LogP contribution in [0.5, 0.6) is 5.75 Å². The third kappa shape index (κ3) is 4.84. The van der Waals surface area contributed by atoms with E-state index in [0.717, 1.165) is 27.7 Å². The number of aryl methyl sites for hydroxylation is 4. The molecule has 0 aliphatic heterocycles. The van der Waals surface area contributed by atoms with E-state index in [0.29, 0.717) is 13.0 Å². The van der Waals surface area contributed by atoms with Crippen LogP contribution in [0, 0.1) is 20.8 Å². The zero-order valence-corrected chi connectivity index (χ0v) is 14.0. The quantitative estimate of drug-likeness (QED) is 0.845. The first kappa shape index (κ1) is 16.5. The van der Waals surface area contributed by atoms with Crippen LogP contribution in [0.1, 0.15) is 33.1 Å². The van der Waals surface area contributed by atoms with Gasteiger partial charge in [0.25, 0.3) is 0 Å². The number of aliphatic carboxylic acids is 1. The van der Waals surface area contributed by atoms with Gasteiger partial charge in [-0.25, -0.2) is 4.98 Å². The number of thiazole rings is 1. The van der Waals surface area contributed by atoms with Crippen molar-refractivity contribution >= 4 is 17.3 Å². The molecule has 0 aliphatic rings. The fraction of sp³-hybridized carbons (Fsp3) is 0.412. The van der Waals surface area contributed by atoms with Crippen molar-refractivity contribution in [1.29, 1.82) is 0 Å². The van der Waals surface area contributed by atoms with Crippen LogP contribution >= 0.6 is 11.3 Å². The van der Waals surface area contributed by atoms with Crippen LogP contribution in [-0.2, 0) is 17.6 Å². The number of carboxylic acid groups (broad SMARTS) is 1. The molecule has 22 heavy (non-hydrogen) atoms. The summed E-state index contributed by atoms with van der Waals surface area (Å²) in [6, 6.07) is 6.17. The zero-order chi connectivity index (χ0) is 16.1. The summed E-state index contributed by atoms with van der Waals surface area (Å²) in [6.45, 7) is 6.62. The highest BCUT2D eigenvalue weighted by Crippen LogP contribution is 2.21. The van der Waals surface area contributed by atoms with E-state index >= 15 is 0 Å². The molecule has 1 aromatic heterocycles. The topological polar surface area (TPSA) is 59.4 Å². The molecule has 1 N–H and O–H groups in total. The number of aromatic nitrogens is 1. The number of nitrogens with zero attached hydrogens (tertiary/aromatic N) is 1. The van der Waals surface area contributed by atoms with E-state index in [1.165, 1.54) is 11.1 Å². The van der Waals surface area contributed by atoms with Crippen molar-refractivity contribution in [2.75, 3.05) is 6.61 Å². The first-order chi connectivity index (χ1) is 10.4. The highest BCUT2D eigenvalue weighted by Gasteiger charge is 2.09. The van der Waals surface area contributed by atoms with Crippen LogP contribution in [0.3, 0.4) is 0 Å². The lowest BCUT2D eigenvalue weighted by Gasteiger charge is -2.07. The minimum Gasteiger partial charge on any atom is -0.493 e. The number of rotatable bonds is 7. The van der Waals surface area contributed by atoms with E-state index in [2.05, 4.69) is 24.9 Å². The molecule has 0 spiro atoms. The van der Waals surface area contributed by atoms with Gasteiger partial charge in [0.15, 0.2) is 0 Å². The molecule has 1 aromatic carbocycles. The summed E-state index contributed by atoms with van der Waals surface area (Å²) < 4.78 is 5.79. The van der Waals surface area contributed by atoms with Crippen molar-refractivity contribution in [3.05, 3.63) is 44.9 Å². The standard InChI is InChI=1S/C17H21NO3S/c1-11-8-12(2)10-14(9-11)21-7-6-16-18-13(3)15(22-16)4-5-17(19)20/h8-10H,4-7H2,1-3H3,(H,19,20). The van der Waals surface area contributed by atoms with E-state index in [1.54, 1.807) is 11.3 Å². The van der Waals surface area contributed by atoms with Crippen molar-refractivity contribution < 1.29 is 14.6 Å². The zero-order valence-electron chi connectivity index (χ0n) is 13.2. The van der Waals surface area contributed by atoms with Gasteiger partial charge in [-0.15, -0.1) is 11.3 Å². The Kier molecular flexibility index (Phi) is 5.55. The van der Waals surface area contributed by atoms with Crippen molar-refractivity contribution in [2.24, 2.45) is 0 Å². The van der Waals surface area contributed by atoms with Gasteiger partial charge in [0, 0.05) is 11.3 Å². The van der Waals surface area contributed by atoms with Crippen LogP contribution in [0.25, 0.3) is 0 Å². The van der Waals surface area contributed by atoms with Gasteiger partial charge in [-0.3, -0.25) is 4.79 Å². The third-order valence-electron chi connectivity index (χ3n) is 3.28. The largest absolute Gasteiger partial charge is 0.493 e. The summed E-state index contributed by atoms with van der Waals surface area (Å²) in [5.41, 5.74) is 3.32. The third-order valence-corrected chi connectivity index (χ3v) is 4.56. The van der Waals surface area contributed by atoms with Crippen LogP contribution < -0.4 is 4.74 Å². The molecule has 0 radical (unpaired) electrons. The molecule has 2 rings (SSSR count). The van der Waals surface area contributed by atoms with E-state index in [9.17, 15) is 4.79 Å². The molecule has 118 valence electrons. The predicted molar refractivity (Wildman–Crippen MR) is 87.9 cm³/mol. The summed E-state index contributed by atoms with van der Waals surface area (Å²) in [4.78, 5) is 16.2. The molecule has 2 aromatic rings. The van der Waals surface area contributed by atoms with Crippen molar-refractivity contribution in [3.8, 4) is 5.75 Å². The molecule has 0 fully saturated rings. The first-order valence-corrected chi connectivity index (χ1v) is 8.14. The molecular formula is C17H21NO3S. The minimum atomic E-state index is -0.771. The summed E-state index contributed by atoms with van der Waals surface area (Å²) in [5.74, 6) is 0.115. The molecule has 0 amide bonds. The summed E-state index contributed by atoms with van der Waals surface area (Å²) in [7, 11) is 0. The maximum Gasteiger partial charge on any atom is 0.303 e. The summed E-state index contributed by atoms with van der Waals surface area (Å²) in [5, 5.41) is 9.75. The number of hydrogen-bond acceptors (Lipinski definition) is 4. The van der Waals surface area contributed by atoms with Gasteiger partial charge < -0.3 is 9.84 Å². The summed E-state index contributed by atoms with van der Waals surface area (Å²) in [6.07, 6.45) is 1.45. The van der Waals surface area contributed by atoms with Gasteiger partial charge in [0.1, 0.15) is 5.75 Å². The normalized spacial score (nSPS) is 10.7. The Labute approximate surface area is 134 Å². The molecular weight excluding hydrogens is 298 g/mol. The maximum atomic E-state index is 10.6. The number of ether oxygens (including phenoxy) is 1. The summed E-state index contributed by atoms with van der Waals surface area (Å²) >= 11 is 1.59. The van der Waals surface area contributed by atoms with Crippen LogP contribution in [-0.4, -0.2) is 22.7 Å². The van der Waals surface area contributed by atoms with Gasteiger partial charge in [-0.2, -0.15) is 0 Å². The number of hydrogen-bond donors (Lipinski definition) is 1. The average Bonchev–Trinajstić information content (AvgIpc) is 2.75. The average molecular weight is 319 g/mol. The van der Waals surface area contributed by atoms with Crippen molar-refractivity contribution in [2.45, 2.75) is 40.0 Å². The Morgan fingerprint density at radius 1 is 1.18 bits per heavy atom. The lowest BCUT2D eigenvalue weighted by atomic mass is 10.1. The van der Waals surface area contributed by atoms with Gasteiger partial charge in [-0.1, -0.05) is 6.07 Å². The van der Waals surface area contributed by atoms with Crippen molar-refractivity contribution in [3.63, 3.8) is 0 Å². The number of carboxylic acids is 1. The maximum absolute atomic E-state index is 10.6. The highest BCUT2D eigenvalue weighted by atomic mass is 32.1. The molecule has 0 aliphatic carbocycles. The monoisotopic (exact) mass is 319 g/mol. The van der Waals surface area contributed by atoms with Crippen LogP contribution in [0.15, 0.2) is 18.2 Å². The van der Waals surface area contributed by atoms with E-state index in [-0.39, 0.29) is 6.42 Å². The van der Waals surface area contributed by atoms with Gasteiger partial charge in [0.2, 0.25) is 0 Å². The molecule has 1 heterocycles. The Morgan fingerprint density at radius 2 is 1.86 bits per heavy atom. The van der Waals surface area contributed by atoms with Gasteiger partial charge >= 0.3 is 5.97 Å². The number of carbonyl (C=O) groups is 1. The van der Waals surface area contributed by atoms with E-state index in [1.807, 2.05) is 19.1 Å². The Bertz CT molecular complexity index is 644.